The van der Waals surface area contributed by atoms with Gasteiger partial charge in [-0.05, 0) is 18.6 Å². The summed E-state index contributed by atoms with van der Waals surface area (Å²) < 4.78 is 5.63. The Balaban J connectivity index is 2.18. The maximum Gasteiger partial charge on any atom is 0.307 e. The van der Waals surface area contributed by atoms with E-state index in [-0.39, 0.29) is 12.5 Å². The number of aliphatic carboxylic acids is 1. The smallest absolute Gasteiger partial charge is 0.307 e. The summed E-state index contributed by atoms with van der Waals surface area (Å²) in [6.45, 7) is 2.49. The number of hydrogen-bond acceptors (Lipinski definition) is 3. The zero-order chi connectivity index (χ0) is 10.8. The van der Waals surface area contributed by atoms with Gasteiger partial charge in [-0.2, -0.15) is 0 Å². The lowest BCUT2D eigenvalue weighted by molar-refractivity contribution is -0.138. The molecule has 1 aromatic carbocycles. The maximum absolute atomic E-state index is 10.6. The van der Waals surface area contributed by atoms with Crippen molar-refractivity contribution in [2.24, 2.45) is 0 Å². The van der Waals surface area contributed by atoms with Crippen LogP contribution in [0.15, 0.2) is 18.2 Å². The van der Waals surface area contributed by atoms with E-state index >= 15 is 0 Å². The number of para-hydroxylation sites is 1. The molecule has 0 saturated carbocycles. The molecule has 1 aliphatic heterocycles. The molecule has 1 aromatic rings. The Hall–Kier alpha value is -1.71. The quantitative estimate of drug-likeness (QED) is 0.774. The average Bonchev–Trinajstić information content (AvgIpc) is 2.18. The first-order chi connectivity index (χ1) is 7.16. The molecule has 1 atom stereocenters. The minimum absolute atomic E-state index is 0.0285. The number of carbonyl (C=O) groups is 1. The molecule has 4 heteroatoms. The van der Waals surface area contributed by atoms with Crippen LogP contribution in [0.4, 0.5) is 5.69 Å². The second-order valence-corrected chi connectivity index (χ2v) is 3.67. The van der Waals surface area contributed by atoms with Crippen LogP contribution < -0.4 is 10.1 Å². The lowest BCUT2D eigenvalue weighted by Gasteiger charge is -2.27. The summed E-state index contributed by atoms with van der Waals surface area (Å²) in [5.74, 6) is -0.0613. The lowest BCUT2D eigenvalue weighted by Crippen LogP contribution is -2.33. The summed E-state index contributed by atoms with van der Waals surface area (Å²) in [7, 11) is 0. The van der Waals surface area contributed by atoms with Crippen LogP contribution in [0, 0.1) is 6.92 Å². The topological polar surface area (TPSA) is 58.6 Å². The van der Waals surface area contributed by atoms with Crippen molar-refractivity contribution < 1.29 is 14.6 Å². The molecule has 1 unspecified atom stereocenters. The molecule has 1 aliphatic rings. The maximum atomic E-state index is 10.6. The summed E-state index contributed by atoms with van der Waals surface area (Å²) >= 11 is 0. The number of rotatable bonds is 2. The highest BCUT2D eigenvalue weighted by Crippen LogP contribution is 2.32. The third-order valence-electron chi connectivity index (χ3n) is 2.42. The number of fused-ring (bicyclic) bond motifs is 1. The van der Waals surface area contributed by atoms with E-state index in [2.05, 4.69) is 5.32 Å². The van der Waals surface area contributed by atoms with Crippen molar-refractivity contribution in [2.75, 3.05) is 11.9 Å². The molecule has 0 aliphatic carbocycles. The monoisotopic (exact) mass is 207 g/mol. The molecular formula is C11H13NO3. The zero-order valence-electron chi connectivity index (χ0n) is 8.49. The number of carboxylic acids is 1. The van der Waals surface area contributed by atoms with Crippen molar-refractivity contribution >= 4 is 11.7 Å². The molecule has 0 bridgehead atoms. The molecule has 0 aromatic heterocycles. The Labute approximate surface area is 87.9 Å². The Morgan fingerprint density at radius 2 is 2.47 bits per heavy atom. The molecule has 80 valence electrons. The molecular weight excluding hydrogens is 194 g/mol. The Kier molecular flexibility index (Phi) is 2.49. The van der Waals surface area contributed by atoms with Gasteiger partial charge in [0.2, 0.25) is 0 Å². The zero-order valence-corrected chi connectivity index (χ0v) is 8.49. The van der Waals surface area contributed by atoms with Gasteiger partial charge in [-0.15, -0.1) is 0 Å². The van der Waals surface area contributed by atoms with Crippen molar-refractivity contribution in [1.29, 1.82) is 0 Å². The van der Waals surface area contributed by atoms with Crippen LogP contribution >= 0.6 is 0 Å². The number of hydrogen-bond donors (Lipinski definition) is 2. The van der Waals surface area contributed by atoms with Crippen molar-refractivity contribution in [2.45, 2.75) is 19.4 Å². The van der Waals surface area contributed by atoms with Crippen LogP contribution in [0.25, 0.3) is 0 Å². The van der Waals surface area contributed by atoms with Crippen molar-refractivity contribution in [3.8, 4) is 5.75 Å². The van der Waals surface area contributed by atoms with Gasteiger partial charge in [0.1, 0.15) is 11.9 Å². The normalized spacial score (nSPS) is 18.6. The molecule has 4 nitrogen and oxygen atoms in total. The van der Waals surface area contributed by atoms with E-state index in [1.807, 2.05) is 25.1 Å². The summed E-state index contributed by atoms with van der Waals surface area (Å²) in [6, 6.07) is 5.82. The summed E-state index contributed by atoms with van der Waals surface area (Å²) in [4.78, 5) is 10.6. The number of benzene rings is 1. The minimum atomic E-state index is -0.834. The van der Waals surface area contributed by atoms with Crippen molar-refractivity contribution in [1.82, 2.24) is 0 Å². The highest BCUT2D eigenvalue weighted by molar-refractivity contribution is 5.68. The number of carboxylic acid groups (broad SMARTS) is 1. The Morgan fingerprint density at radius 3 is 3.20 bits per heavy atom. The Bertz CT molecular complexity index is 389. The van der Waals surface area contributed by atoms with Crippen LogP contribution in [-0.2, 0) is 4.79 Å². The highest BCUT2D eigenvalue weighted by Gasteiger charge is 2.22. The van der Waals surface area contributed by atoms with Crippen molar-refractivity contribution in [3.63, 3.8) is 0 Å². The molecule has 0 fully saturated rings. The van der Waals surface area contributed by atoms with Crippen LogP contribution in [0.1, 0.15) is 12.0 Å². The first-order valence-corrected chi connectivity index (χ1v) is 4.89. The second-order valence-electron chi connectivity index (χ2n) is 3.67. The van der Waals surface area contributed by atoms with Crippen LogP contribution in [0.3, 0.4) is 0 Å². The summed E-state index contributed by atoms with van der Waals surface area (Å²) in [5, 5.41) is 11.8. The van der Waals surface area contributed by atoms with Crippen molar-refractivity contribution in [3.05, 3.63) is 23.8 Å². The fourth-order valence-corrected chi connectivity index (χ4v) is 1.69. The minimum Gasteiger partial charge on any atom is -0.486 e. The summed E-state index contributed by atoms with van der Waals surface area (Å²) in [6.07, 6.45) is -0.253. The third-order valence-corrected chi connectivity index (χ3v) is 2.42. The fourth-order valence-electron chi connectivity index (χ4n) is 1.69. The van der Waals surface area contributed by atoms with Gasteiger partial charge in [0.15, 0.2) is 0 Å². The molecule has 0 radical (unpaired) electrons. The van der Waals surface area contributed by atoms with Gasteiger partial charge in [0.05, 0.1) is 18.7 Å². The van der Waals surface area contributed by atoms with Gasteiger partial charge in [-0.25, -0.2) is 0 Å². The third kappa shape index (κ3) is 2.03. The first-order valence-electron chi connectivity index (χ1n) is 4.89. The van der Waals surface area contributed by atoms with Gasteiger partial charge in [-0.1, -0.05) is 12.1 Å². The number of nitrogens with one attached hydrogen (secondary N) is 1. The molecule has 0 amide bonds. The number of anilines is 1. The van der Waals surface area contributed by atoms with Gasteiger partial charge in [-0.3, -0.25) is 4.79 Å². The van der Waals surface area contributed by atoms with E-state index in [0.29, 0.717) is 6.54 Å². The highest BCUT2D eigenvalue weighted by atomic mass is 16.5. The SMILES string of the molecule is Cc1cccc2c1OC(CC(=O)O)CN2. The summed E-state index contributed by atoms with van der Waals surface area (Å²) in [5.41, 5.74) is 1.96. The molecule has 1 heterocycles. The molecule has 0 spiro atoms. The number of aryl methyl sites for hydroxylation is 1. The van der Waals surface area contributed by atoms with Gasteiger partial charge >= 0.3 is 5.97 Å². The predicted octanol–water partition coefficient (Wildman–Crippen LogP) is 1.64. The van der Waals surface area contributed by atoms with E-state index in [9.17, 15) is 4.79 Å². The van der Waals surface area contributed by atoms with Crippen LogP contribution in [0.5, 0.6) is 5.75 Å². The van der Waals surface area contributed by atoms with Gasteiger partial charge in [0.25, 0.3) is 0 Å². The lowest BCUT2D eigenvalue weighted by atomic mass is 10.1. The van der Waals surface area contributed by atoms with Crippen LogP contribution in [-0.4, -0.2) is 23.7 Å². The largest absolute Gasteiger partial charge is 0.486 e. The molecule has 0 saturated heterocycles. The van der Waals surface area contributed by atoms with E-state index in [0.717, 1.165) is 17.0 Å². The molecule has 2 N–H and O–H groups in total. The van der Waals surface area contributed by atoms with E-state index in [1.54, 1.807) is 0 Å². The standard InChI is InChI=1S/C11H13NO3/c1-7-3-2-4-9-11(7)15-8(6-12-9)5-10(13)14/h2-4,8,12H,5-6H2,1H3,(H,13,14). The van der Waals surface area contributed by atoms with Gasteiger partial charge in [0, 0.05) is 0 Å². The fraction of sp³-hybridized carbons (Fsp3) is 0.364. The average molecular weight is 207 g/mol. The van der Waals surface area contributed by atoms with E-state index < -0.39 is 5.97 Å². The Morgan fingerprint density at radius 1 is 1.67 bits per heavy atom. The van der Waals surface area contributed by atoms with E-state index in [1.165, 1.54) is 0 Å². The predicted molar refractivity (Wildman–Crippen MR) is 56.3 cm³/mol. The first kappa shape index (κ1) is 9.83. The molecule has 2 rings (SSSR count). The number of ether oxygens (including phenoxy) is 1. The van der Waals surface area contributed by atoms with Gasteiger partial charge < -0.3 is 15.2 Å². The second kappa shape index (κ2) is 3.81. The van der Waals surface area contributed by atoms with Crippen LogP contribution in [0.2, 0.25) is 0 Å². The molecule has 15 heavy (non-hydrogen) atoms. The van der Waals surface area contributed by atoms with E-state index in [4.69, 9.17) is 9.84 Å².